The predicted molar refractivity (Wildman–Crippen MR) is 183 cm³/mol. The van der Waals surface area contributed by atoms with E-state index < -0.39 is 34.8 Å². The molecule has 1 atom stereocenters. The number of carbonyl (C=O) groups is 5. The zero-order valence-corrected chi connectivity index (χ0v) is 27.4. The summed E-state index contributed by atoms with van der Waals surface area (Å²) in [5.74, 6) is -2.14. The first kappa shape index (κ1) is 34.3. The number of rotatable bonds is 12. The first-order valence-corrected chi connectivity index (χ1v) is 15.7. The van der Waals surface area contributed by atoms with Gasteiger partial charge in [0.05, 0.1) is 37.8 Å². The lowest BCUT2D eigenvalue weighted by Crippen LogP contribution is -2.31. The minimum absolute atomic E-state index is 0.0353. The number of ether oxygens (including phenoxy) is 3. The standard InChI is InChI=1S/C36H31N3O9S/c1-46-28-17-14-23(31(47-2)32(28)48-3)18-27(38-33(41)21-8-5-4-6-9-21)34(42)37-24-10-7-11-26(19-24)49-29-20-30(40)39(35(29)43)25-15-12-22(13-16-25)36(44)45/h4-19,29H,20H2,1-3H3,(H,37,42)(H,38,41)(H,44,45)/b27-18-/t29-/m1/s1. The van der Waals surface area contributed by atoms with Crippen LogP contribution >= 0.6 is 11.8 Å². The van der Waals surface area contributed by atoms with E-state index in [1.165, 1.54) is 51.7 Å². The van der Waals surface area contributed by atoms with E-state index in [-0.39, 0.29) is 29.1 Å². The van der Waals surface area contributed by atoms with E-state index in [1.54, 1.807) is 66.7 Å². The van der Waals surface area contributed by atoms with Gasteiger partial charge in [0.15, 0.2) is 11.5 Å². The zero-order chi connectivity index (χ0) is 35.1. The Labute approximate surface area is 285 Å². The van der Waals surface area contributed by atoms with Gasteiger partial charge in [-0.15, -0.1) is 11.8 Å². The number of benzene rings is 4. The van der Waals surface area contributed by atoms with Crippen molar-refractivity contribution in [3.8, 4) is 17.2 Å². The van der Waals surface area contributed by atoms with E-state index >= 15 is 0 Å². The Bertz CT molecular complexity index is 1950. The van der Waals surface area contributed by atoms with Crippen LogP contribution in [0.2, 0.25) is 0 Å². The molecule has 0 saturated carbocycles. The second-order valence-corrected chi connectivity index (χ2v) is 11.8. The molecule has 0 spiro atoms. The summed E-state index contributed by atoms with van der Waals surface area (Å²) in [7, 11) is 4.38. The number of anilines is 2. The minimum Gasteiger partial charge on any atom is -0.493 e. The molecule has 0 unspecified atom stereocenters. The van der Waals surface area contributed by atoms with Gasteiger partial charge in [0.2, 0.25) is 17.6 Å². The summed E-state index contributed by atoms with van der Waals surface area (Å²) in [6.45, 7) is 0. The molecule has 4 amide bonds. The summed E-state index contributed by atoms with van der Waals surface area (Å²) in [6, 6.07) is 23.9. The molecule has 1 fully saturated rings. The van der Waals surface area contributed by atoms with Gasteiger partial charge >= 0.3 is 5.97 Å². The van der Waals surface area contributed by atoms with Gasteiger partial charge in [0.25, 0.3) is 11.8 Å². The van der Waals surface area contributed by atoms with E-state index in [0.29, 0.717) is 33.2 Å². The molecule has 1 heterocycles. The number of nitrogens with one attached hydrogen (secondary N) is 2. The maximum atomic E-state index is 13.7. The summed E-state index contributed by atoms with van der Waals surface area (Å²) in [6.07, 6.45) is 1.39. The van der Waals surface area contributed by atoms with E-state index in [4.69, 9.17) is 19.3 Å². The molecule has 4 aromatic rings. The molecule has 13 heteroatoms. The first-order chi connectivity index (χ1) is 23.6. The number of aromatic carboxylic acids is 1. The highest BCUT2D eigenvalue weighted by Crippen LogP contribution is 2.41. The molecule has 4 aromatic carbocycles. The van der Waals surface area contributed by atoms with Crippen molar-refractivity contribution in [2.75, 3.05) is 31.5 Å². The molecule has 1 aliphatic rings. The maximum absolute atomic E-state index is 13.7. The number of hydrogen-bond acceptors (Lipinski definition) is 9. The lowest BCUT2D eigenvalue weighted by Gasteiger charge is -2.16. The first-order valence-electron chi connectivity index (χ1n) is 14.8. The number of carbonyl (C=O) groups excluding carboxylic acids is 4. The molecule has 1 saturated heterocycles. The normalized spacial score (nSPS) is 14.3. The molecule has 0 bridgehead atoms. The lowest BCUT2D eigenvalue weighted by atomic mass is 10.1. The van der Waals surface area contributed by atoms with Gasteiger partial charge in [-0.3, -0.25) is 19.2 Å². The predicted octanol–water partition coefficient (Wildman–Crippen LogP) is 5.24. The summed E-state index contributed by atoms with van der Waals surface area (Å²) in [4.78, 5) is 65.8. The SMILES string of the molecule is COc1ccc(/C=C(\NC(=O)c2ccccc2)C(=O)Nc2cccc(S[C@@H]3CC(=O)N(c4ccc(C(=O)O)cc4)C3=O)c2)c(OC)c1OC. The maximum Gasteiger partial charge on any atom is 0.335 e. The highest BCUT2D eigenvalue weighted by atomic mass is 32.2. The molecule has 0 aromatic heterocycles. The molecule has 3 N–H and O–H groups in total. The number of hydrogen-bond donors (Lipinski definition) is 3. The van der Waals surface area contributed by atoms with Crippen LogP contribution in [0.15, 0.2) is 102 Å². The Balaban J connectivity index is 1.38. The topological polar surface area (TPSA) is 161 Å². The summed E-state index contributed by atoms with van der Waals surface area (Å²) in [5, 5.41) is 13.9. The number of thioether (sulfide) groups is 1. The fraction of sp³-hybridized carbons (Fsp3) is 0.139. The molecule has 0 aliphatic carbocycles. The summed E-state index contributed by atoms with van der Waals surface area (Å²) < 4.78 is 16.4. The molecule has 12 nitrogen and oxygen atoms in total. The second-order valence-electron chi connectivity index (χ2n) is 10.5. The second kappa shape index (κ2) is 15.2. The van der Waals surface area contributed by atoms with E-state index in [2.05, 4.69) is 10.6 Å². The van der Waals surface area contributed by atoms with Crippen LogP contribution in [0.4, 0.5) is 11.4 Å². The van der Waals surface area contributed by atoms with Crippen LogP contribution in [0.5, 0.6) is 17.2 Å². The van der Waals surface area contributed by atoms with Gasteiger partial charge in [-0.25, -0.2) is 9.69 Å². The summed E-state index contributed by atoms with van der Waals surface area (Å²) >= 11 is 1.16. The van der Waals surface area contributed by atoms with Gasteiger partial charge in [0.1, 0.15) is 5.70 Å². The average molecular weight is 682 g/mol. The number of imide groups is 1. The van der Waals surface area contributed by atoms with Crippen molar-refractivity contribution in [2.45, 2.75) is 16.6 Å². The van der Waals surface area contributed by atoms with E-state index in [1.807, 2.05) is 0 Å². The summed E-state index contributed by atoms with van der Waals surface area (Å²) in [5.41, 5.74) is 1.35. The molecule has 1 aliphatic heterocycles. The molecule has 49 heavy (non-hydrogen) atoms. The van der Waals surface area contributed by atoms with Crippen LogP contribution in [0, 0.1) is 0 Å². The highest BCUT2D eigenvalue weighted by molar-refractivity contribution is 8.00. The van der Waals surface area contributed by atoms with Gasteiger partial charge in [-0.1, -0.05) is 24.3 Å². The van der Waals surface area contributed by atoms with Crippen LogP contribution in [0.3, 0.4) is 0 Å². The van der Waals surface area contributed by atoms with Crippen molar-refractivity contribution in [2.24, 2.45) is 0 Å². The van der Waals surface area contributed by atoms with Crippen molar-refractivity contribution in [3.05, 3.63) is 113 Å². The van der Waals surface area contributed by atoms with Gasteiger partial charge in [-0.2, -0.15) is 0 Å². The van der Waals surface area contributed by atoms with Crippen molar-refractivity contribution < 1.29 is 43.3 Å². The number of carboxylic acid groups (broad SMARTS) is 1. The van der Waals surface area contributed by atoms with Gasteiger partial charge in [0, 0.05) is 28.1 Å². The van der Waals surface area contributed by atoms with Crippen molar-refractivity contribution in [1.29, 1.82) is 0 Å². The molecular formula is C36H31N3O9S. The third-order valence-electron chi connectivity index (χ3n) is 7.41. The Morgan fingerprint density at radius 2 is 1.55 bits per heavy atom. The van der Waals surface area contributed by atoms with Crippen molar-refractivity contribution in [1.82, 2.24) is 5.32 Å². The Kier molecular flexibility index (Phi) is 10.6. The van der Waals surface area contributed by atoms with Crippen LogP contribution in [-0.2, 0) is 14.4 Å². The van der Waals surface area contributed by atoms with Crippen LogP contribution < -0.4 is 29.7 Å². The smallest absolute Gasteiger partial charge is 0.335 e. The fourth-order valence-corrected chi connectivity index (χ4v) is 6.18. The van der Waals surface area contributed by atoms with Crippen molar-refractivity contribution >= 4 is 58.8 Å². The third-order valence-corrected chi connectivity index (χ3v) is 8.59. The number of methoxy groups -OCH3 is 3. The Hall–Kier alpha value is -6.08. The molecule has 250 valence electrons. The van der Waals surface area contributed by atoms with E-state index in [9.17, 15) is 24.0 Å². The largest absolute Gasteiger partial charge is 0.493 e. The van der Waals surface area contributed by atoms with Gasteiger partial charge in [-0.05, 0) is 72.8 Å². The van der Waals surface area contributed by atoms with E-state index in [0.717, 1.165) is 16.7 Å². The molecule has 5 rings (SSSR count). The Morgan fingerprint density at radius 1 is 0.837 bits per heavy atom. The van der Waals surface area contributed by atoms with Crippen molar-refractivity contribution in [3.63, 3.8) is 0 Å². The zero-order valence-electron chi connectivity index (χ0n) is 26.6. The average Bonchev–Trinajstić information content (AvgIpc) is 3.39. The number of amides is 4. The number of carboxylic acids is 1. The molecular weight excluding hydrogens is 650 g/mol. The highest BCUT2D eigenvalue weighted by Gasteiger charge is 2.40. The molecule has 0 radical (unpaired) electrons. The van der Waals surface area contributed by atoms with Crippen LogP contribution in [0.1, 0.15) is 32.7 Å². The van der Waals surface area contributed by atoms with Crippen LogP contribution in [0.25, 0.3) is 6.08 Å². The van der Waals surface area contributed by atoms with Gasteiger partial charge < -0.3 is 30.0 Å². The number of nitrogens with zero attached hydrogens (tertiary/aromatic N) is 1. The third kappa shape index (κ3) is 7.74. The minimum atomic E-state index is -1.12. The Morgan fingerprint density at radius 3 is 2.20 bits per heavy atom. The monoisotopic (exact) mass is 681 g/mol. The lowest BCUT2D eigenvalue weighted by molar-refractivity contribution is -0.121. The quantitative estimate of drug-likeness (QED) is 0.133. The fourth-order valence-electron chi connectivity index (χ4n) is 5.07. The van der Waals surface area contributed by atoms with Crippen LogP contribution in [-0.4, -0.2) is 61.3 Å².